The number of carbonyl (C=O) groups excluding carboxylic acids is 1. The first-order chi connectivity index (χ1) is 14.7. The number of ether oxygens (including phenoxy) is 2. The van der Waals surface area contributed by atoms with E-state index >= 15 is 0 Å². The molecule has 0 saturated carbocycles. The summed E-state index contributed by atoms with van der Waals surface area (Å²) in [6, 6.07) is 13.4. The van der Waals surface area contributed by atoms with Gasteiger partial charge in [0, 0.05) is 44.6 Å². The van der Waals surface area contributed by atoms with Crippen LogP contribution in [0.4, 0.5) is 5.82 Å². The number of aryl methyl sites for hydroxylation is 1. The van der Waals surface area contributed by atoms with Gasteiger partial charge in [-0.1, -0.05) is 12.1 Å². The number of fused-ring (bicyclic) bond motifs is 1. The van der Waals surface area contributed by atoms with E-state index < -0.39 is 6.10 Å². The zero-order valence-electron chi connectivity index (χ0n) is 16.8. The Balaban J connectivity index is 1.24. The van der Waals surface area contributed by atoms with Crippen LogP contribution in [-0.4, -0.2) is 64.2 Å². The van der Waals surface area contributed by atoms with Gasteiger partial charge in [-0.15, -0.1) is 0 Å². The summed E-state index contributed by atoms with van der Waals surface area (Å²) in [5.74, 6) is 3.72. The maximum Gasteiger partial charge on any atom is 0.267 e. The smallest absolute Gasteiger partial charge is 0.267 e. The van der Waals surface area contributed by atoms with Gasteiger partial charge in [0.15, 0.2) is 11.5 Å². The molecule has 8 nitrogen and oxygen atoms in total. The molecule has 1 aromatic carbocycles. The number of carbonyl (C=O) groups is 1. The highest BCUT2D eigenvalue weighted by atomic mass is 16.6. The molecule has 0 bridgehead atoms. The molecule has 4 heterocycles. The van der Waals surface area contributed by atoms with E-state index in [-0.39, 0.29) is 12.5 Å². The minimum Gasteiger partial charge on any atom is -0.485 e. The molecule has 0 aliphatic carbocycles. The number of anilines is 1. The van der Waals surface area contributed by atoms with Crippen LogP contribution in [0.25, 0.3) is 5.82 Å². The minimum atomic E-state index is -0.604. The maximum absolute atomic E-state index is 12.9. The van der Waals surface area contributed by atoms with Crippen molar-refractivity contribution in [3.05, 3.63) is 60.7 Å². The number of aromatic nitrogens is 3. The molecule has 0 spiro atoms. The first-order valence-electron chi connectivity index (χ1n) is 10.1. The number of para-hydroxylation sites is 2. The third-order valence-corrected chi connectivity index (χ3v) is 5.38. The van der Waals surface area contributed by atoms with Gasteiger partial charge in [-0.3, -0.25) is 4.79 Å². The molecule has 5 rings (SSSR count). The number of rotatable bonds is 3. The molecular formula is C22H23N5O3. The zero-order valence-corrected chi connectivity index (χ0v) is 16.8. The topological polar surface area (TPSA) is 72.7 Å². The predicted octanol–water partition coefficient (Wildman–Crippen LogP) is 2.06. The van der Waals surface area contributed by atoms with E-state index in [0.717, 1.165) is 17.5 Å². The highest BCUT2D eigenvalue weighted by molar-refractivity contribution is 5.82. The minimum absolute atomic E-state index is 0.0314. The second-order valence-corrected chi connectivity index (χ2v) is 7.40. The summed E-state index contributed by atoms with van der Waals surface area (Å²) < 4.78 is 13.5. The average molecular weight is 405 g/mol. The lowest BCUT2D eigenvalue weighted by Gasteiger charge is -2.37. The number of amides is 1. The van der Waals surface area contributed by atoms with Crippen LogP contribution in [0.15, 0.2) is 54.9 Å². The van der Waals surface area contributed by atoms with Gasteiger partial charge in [0.1, 0.15) is 24.1 Å². The van der Waals surface area contributed by atoms with E-state index in [4.69, 9.17) is 9.47 Å². The van der Waals surface area contributed by atoms with Crippen molar-refractivity contribution in [3.63, 3.8) is 0 Å². The lowest BCUT2D eigenvalue weighted by atomic mass is 10.2. The third kappa shape index (κ3) is 3.56. The number of nitrogens with zero attached hydrogens (tertiary/aromatic N) is 5. The Morgan fingerprint density at radius 1 is 0.967 bits per heavy atom. The summed E-state index contributed by atoms with van der Waals surface area (Å²) in [6.45, 7) is 4.77. The fourth-order valence-corrected chi connectivity index (χ4v) is 3.82. The first-order valence-corrected chi connectivity index (χ1v) is 10.1. The average Bonchev–Trinajstić information content (AvgIpc) is 3.33. The molecule has 8 heteroatoms. The van der Waals surface area contributed by atoms with Gasteiger partial charge < -0.3 is 23.8 Å². The highest BCUT2D eigenvalue weighted by Crippen LogP contribution is 2.31. The van der Waals surface area contributed by atoms with Crippen molar-refractivity contribution >= 4 is 11.7 Å². The summed E-state index contributed by atoms with van der Waals surface area (Å²) in [7, 11) is 0. The van der Waals surface area contributed by atoms with Crippen LogP contribution < -0.4 is 14.4 Å². The van der Waals surface area contributed by atoms with Crippen LogP contribution in [0.2, 0.25) is 0 Å². The molecule has 30 heavy (non-hydrogen) atoms. The van der Waals surface area contributed by atoms with Crippen LogP contribution >= 0.6 is 0 Å². The largest absolute Gasteiger partial charge is 0.485 e. The fourth-order valence-electron chi connectivity index (χ4n) is 3.82. The normalized spacial score (nSPS) is 18.4. The predicted molar refractivity (Wildman–Crippen MR) is 111 cm³/mol. The number of hydrogen-bond acceptors (Lipinski definition) is 6. The number of piperazine rings is 1. The molecule has 1 amide bonds. The van der Waals surface area contributed by atoms with E-state index in [1.807, 2.05) is 71.2 Å². The van der Waals surface area contributed by atoms with Crippen LogP contribution in [0, 0.1) is 6.92 Å². The molecule has 0 N–H and O–H groups in total. The third-order valence-electron chi connectivity index (χ3n) is 5.38. The summed E-state index contributed by atoms with van der Waals surface area (Å²) in [5, 5.41) is 0. The highest BCUT2D eigenvalue weighted by Gasteiger charge is 2.33. The van der Waals surface area contributed by atoms with E-state index in [2.05, 4.69) is 14.9 Å². The molecule has 1 atom stereocenters. The van der Waals surface area contributed by atoms with Crippen LogP contribution in [-0.2, 0) is 4.79 Å². The Morgan fingerprint density at radius 2 is 1.67 bits per heavy atom. The van der Waals surface area contributed by atoms with E-state index in [1.165, 1.54) is 0 Å². The Bertz CT molecular complexity index is 1040. The SMILES string of the molecule is Cc1nc(N2CCN(C(=O)C3COc4ccccc4O3)CC2)cc(-n2cccc2)n1. The second kappa shape index (κ2) is 7.70. The Kier molecular flexibility index (Phi) is 4.74. The van der Waals surface area contributed by atoms with Crippen molar-refractivity contribution in [2.24, 2.45) is 0 Å². The van der Waals surface area contributed by atoms with E-state index in [0.29, 0.717) is 37.7 Å². The van der Waals surface area contributed by atoms with Crippen LogP contribution in [0.3, 0.4) is 0 Å². The van der Waals surface area contributed by atoms with Crippen molar-refractivity contribution in [1.29, 1.82) is 0 Å². The summed E-state index contributed by atoms with van der Waals surface area (Å²) in [4.78, 5) is 26.1. The van der Waals surface area contributed by atoms with Gasteiger partial charge >= 0.3 is 0 Å². The Labute approximate surface area is 174 Å². The van der Waals surface area contributed by atoms with Crippen molar-refractivity contribution in [3.8, 4) is 17.3 Å². The lowest BCUT2D eigenvalue weighted by molar-refractivity contribution is -0.141. The molecular weight excluding hydrogens is 382 g/mol. The van der Waals surface area contributed by atoms with Crippen molar-refractivity contribution in [2.45, 2.75) is 13.0 Å². The van der Waals surface area contributed by atoms with Crippen molar-refractivity contribution in [1.82, 2.24) is 19.4 Å². The molecule has 2 aliphatic rings. The maximum atomic E-state index is 12.9. The molecule has 154 valence electrons. The second-order valence-electron chi connectivity index (χ2n) is 7.40. The molecule has 1 fully saturated rings. The molecule has 2 aliphatic heterocycles. The summed E-state index contributed by atoms with van der Waals surface area (Å²) >= 11 is 0. The molecule has 1 unspecified atom stereocenters. The van der Waals surface area contributed by atoms with Crippen molar-refractivity contribution < 1.29 is 14.3 Å². The Hall–Kier alpha value is -3.55. The van der Waals surface area contributed by atoms with Crippen LogP contribution in [0.5, 0.6) is 11.5 Å². The van der Waals surface area contributed by atoms with Gasteiger partial charge in [0.05, 0.1) is 0 Å². The zero-order chi connectivity index (χ0) is 20.5. The van der Waals surface area contributed by atoms with Gasteiger partial charge in [-0.2, -0.15) is 0 Å². The number of benzene rings is 1. The molecule has 2 aromatic heterocycles. The first kappa shape index (κ1) is 18.5. The van der Waals surface area contributed by atoms with Crippen molar-refractivity contribution in [2.75, 3.05) is 37.7 Å². The quantitative estimate of drug-likeness (QED) is 0.664. The molecule has 1 saturated heterocycles. The summed E-state index contributed by atoms with van der Waals surface area (Å²) in [6.07, 6.45) is 3.33. The summed E-state index contributed by atoms with van der Waals surface area (Å²) in [5.41, 5.74) is 0. The fraction of sp³-hybridized carbons (Fsp3) is 0.318. The Morgan fingerprint density at radius 3 is 2.43 bits per heavy atom. The monoisotopic (exact) mass is 405 g/mol. The van der Waals surface area contributed by atoms with Gasteiger partial charge in [-0.05, 0) is 31.2 Å². The number of hydrogen-bond donors (Lipinski definition) is 0. The standard InChI is InChI=1S/C22H23N5O3/c1-16-23-20(25-8-4-5-9-25)14-21(24-16)26-10-12-27(13-11-26)22(28)19-15-29-17-6-2-3-7-18(17)30-19/h2-9,14,19H,10-13,15H2,1H3. The van der Waals surface area contributed by atoms with Crippen LogP contribution in [0.1, 0.15) is 5.82 Å². The van der Waals surface area contributed by atoms with E-state index in [9.17, 15) is 4.79 Å². The van der Waals surface area contributed by atoms with E-state index in [1.54, 1.807) is 0 Å². The lowest BCUT2D eigenvalue weighted by Crippen LogP contribution is -2.54. The molecule has 0 radical (unpaired) electrons. The molecule has 3 aromatic rings. The van der Waals surface area contributed by atoms with Gasteiger partial charge in [-0.25, -0.2) is 9.97 Å². The van der Waals surface area contributed by atoms with Gasteiger partial charge in [0.25, 0.3) is 5.91 Å². The van der Waals surface area contributed by atoms with Gasteiger partial charge in [0.2, 0.25) is 6.10 Å².